The van der Waals surface area contributed by atoms with Gasteiger partial charge in [0.2, 0.25) is 0 Å². The monoisotopic (exact) mass is 205 g/mol. The first-order valence-corrected chi connectivity index (χ1v) is 4.35. The minimum Gasteiger partial charge on any atom is -0.381 e. The molecule has 0 aliphatic carbocycles. The van der Waals surface area contributed by atoms with Crippen molar-refractivity contribution in [3.05, 3.63) is 30.0 Å². The van der Waals surface area contributed by atoms with E-state index in [9.17, 15) is 4.39 Å². The molecular formula is C10H8FN3O. The maximum Gasteiger partial charge on any atom is 0.161 e. The van der Waals surface area contributed by atoms with E-state index in [2.05, 4.69) is 22.0 Å². The second-order valence-electron chi connectivity index (χ2n) is 3.08. The highest BCUT2D eigenvalue weighted by Crippen LogP contribution is 2.08. The first kappa shape index (κ1) is 9.62. The molecule has 1 atom stereocenters. The largest absolute Gasteiger partial charge is 0.381 e. The molecule has 0 aliphatic heterocycles. The fraction of sp³-hybridized carbons (Fsp3) is 0.200. The van der Waals surface area contributed by atoms with Crippen molar-refractivity contribution in [1.82, 2.24) is 14.6 Å². The molecule has 4 nitrogen and oxygen atoms in total. The minimum atomic E-state index is -0.779. The summed E-state index contributed by atoms with van der Waals surface area (Å²) in [6.45, 7) is 1.51. The highest BCUT2D eigenvalue weighted by Gasteiger charge is 2.03. The maximum atomic E-state index is 13.4. The Labute approximate surface area is 85.4 Å². The van der Waals surface area contributed by atoms with Gasteiger partial charge in [0.1, 0.15) is 12.4 Å². The molecule has 0 aromatic carbocycles. The summed E-state index contributed by atoms with van der Waals surface area (Å²) in [5.74, 6) is 4.54. The van der Waals surface area contributed by atoms with E-state index in [-0.39, 0.29) is 5.56 Å². The second kappa shape index (κ2) is 3.67. The van der Waals surface area contributed by atoms with Crippen LogP contribution in [0.1, 0.15) is 12.5 Å². The van der Waals surface area contributed by atoms with Crippen molar-refractivity contribution in [3.63, 3.8) is 0 Å². The molecule has 1 N–H and O–H groups in total. The van der Waals surface area contributed by atoms with Crippen LogP contribution in [0.25, 0.3) is 5.65 Å². The van der Waals surface area contributed by atoms with E-state index >= 15 is 0 Å². The first-order chi connectivity index (χ1) is 7.16. The second-order valence-corrected chi connectivity index (χ2v) is 3.08. The van der Waals surface area contributed by atoms with E-state index < -0.39 is 11.9 Å². The number of aliphatic hydroxyl groups excluding tert-OH is 1. The van der Waals surface area contributed by atoms with Gasteiger partial charge in [-0.05, 0) is 6.92 Å². The quantitative estimate of drug-likeness (QED) is 0.641. The van der Waals surface area contributed by atoms with E-state index in [1.807, 2.05) is 0 Å². The van der Waals surface area contributed by atoms with Crippen LogP contribution >= 0.6 is 0 Å². The van der Waals surface area contributed by atoms with Crippen molar-refractivity contribution in [2.45, 2.75) is 13.0 Å². The molecule has 0 saturated carbocycles. The summed E-state index contributed by atoms with van der Waals surface area (Å²) >= 11 is 0. The summed E-state index contributed by atoms with van der Waals surface area (Å²) < 4.78 is 14.8. The standard InChI is InChI=1S/C10H8FN3O/c1-7(15)2-3-8-4-10-13-12-6-14(10)5-9(8)11/h4-7,15H,1H3/t7-/m1/s1. The third-order valence-corrected chi connectivity index (χ3v) is 1.80. The molecule has 2 aromatic rings. The van der Waals surface area contributed by atoms with Crippen LogP contribution in [0.5, 0.6) is 0 Å². The Balaban J connectivity index is 2.52. The topological polar surface area (TPSA) is 50.4 Å². The normalized spacial score (nSPS) is 12.2. The number of hydrogen-bond donors (Lipinski definition) is 1. The van der Waals surface area contributed by atoms with Gasteiger partial charge in [-0.15, -0.1) is 10.2 Å². The Bertz CT molecular complexity index is 551. The van der Waals surface area contributed by atoms with Gasteiger partial charge in [-0.2, -0.15) is 0 Å². The molecule has 0 bridgehead atoms. The number of aromatic nitrogens is 3. The summed E-state index contributed by atoms with van der Waals surface area (Å²) in [7, 11) is 0. The minimum absolute atomic E-state index is 0.205. The summed E-state index contributed by atoms with van der Waals surface area (Å²) in [6.07, 6.45) is 1.88. The number of aliphatic hydroxyl groups is 1. The number of fused-ring (bicyclic) bond motifs is 1. The SMILES string of the molecule is C[C@@H](O)C#Cc1cc2nncn2cc1F. The number of nitrogens with zero attached hydrogens (tertiary/aromatic N) is 3. The fourth-order valence-electron chi connectivity index (χ4n) is 1.12. The Morgan fingerprint density at radius 2 is 2.40 bits per heavy atom. The average molecular weight is 205 g/mol. The number of pyridine rings is 1. The summed E-state index contributed by atoms with van der Waals surface area (Å²) in [4.78, 5) is 0. The molecule has 0 amide bonds. The van der Waals surface area contributed by atoms with Gasteiger partial charge < -0.3 is 5.11 Å². The third-order valence-electron chi connectivity index (χ3n) is 1.80. The van der Waals surface area contributed by atoms with Crippen molar-refractivity contribution in [2.75, 3.05) is 0 Å². The summed E-state index contributed by atoms with van der Waals surface area (Å²) in [5, 5.41) is 16.3. The van der Waals surface area contributed by atoms with Gasteiger partial charge in [-0.1, -0.05) is 11.8 Å². The van der Waals surface area contributed by atoms with Crippen molar-refractivity contribution in [2.24, 2.45) is 0 Å². The molecular weight excluding hydrogens is 197 g/mol. The van der Waals surface area contributed by atoms with Crippen LogP contribution in [0.4, 0.5) is 4.39 Å². The molecule has 0 spiro atoms. The molecule has 0 unspecified atom stereocenters. The number of hydrogen-bond acceptors (Lipinski definition) is 3. The predicted molar refractivity (Wildman–Crippen MR) is 51.5 cm³/mol. The highest BCUT2D eigenvalue weighted by atomic mass is 19.1. The Morgan fingerprint density at radius 3 is 3.13 bits per heavy atom. The van der Waals surface area contributed by atoms with Gasteiger partial charge in [-0.3, -0.25) is 4.40 Å². The van der Waals surface area contributed by atoms with Crippen molar-refractivity contribution in [3.8, 4) is 11.8 Å². The van der Waals surface area contributed by atoms with Crippen molar-refractivity contribution < 1.29 is 9.50 Å². The zero-order valence-electron chi connectivity index (χ0n) is 7.98. The average Bonchev–Trinajstić information content (AvgIpc) is 2.60. The van der Waals surface area contributed by atoms with Gasteiger partial charge >= 0.3 is 0 Å². The van der Waals surface area contributed by atoms with Crippen LogP contribution in [-0.4, -0.2) is 25.8 Å². The predicted octanol–water partition coefficient (Wildman–Crippen LogP) is 0.601. The molecule has 0 aliphatic rings. The van der Waals surface area contributed by atoms with Crippen molar-refractivity contribution in [1.29, 1.82) is 0 Å². The molecule has 0 radical (unpaired) electrons. The Hall–Kier alpha value is -1.93. The zero-order chi connectivity index (χ0) is 10.8. The Morgan fingerprint density at radius 1 is 1.60 bits per heavy atom. The molecule has 0 saturated heterocycles. The molecule has 15 heavy (non-hydrogen) atoms. The zero-order valence-corrected chi connectivity index (χ0v) is 7.98. The third kappa shape index (κ3) is 1.95. The summed E-state index contributed by atoms with van der Waals surface area (Å²) in [5.41, 5.74) is 0.725. The van der Waals surface area contributed by atoms with Crippen LogP contribution < -0.4 is 0 Å². The van der Waals surface area contributed by atoms with E-state index in [1.165, 1.54) is 29.9 Å². The molecule has 0 fully saturated rings. The van der Waals surface area contributed by atoms with Crippen LogP contribution in [-0.2, 0) is 0 Å². The van der Waals surface area contributed by atoms with E-state index in [4.69, 9.17) is 5.11 Å². The number of halogens is 1. The maximum absolute atomic E-state index is 13.4. The van der Waals surface area contributed by atoms with Gasteiger partial charge in [0, 0.05) is 12.3 Å². The molecule has 2 heterocycles. The van der Waals surface area contributed by atoms with Crippen molar-refractivity contribution >= 4 is 5.65 Å². The smallest absolute Gasteiger partial charge is 0.161 e. The molecule has 5 heteroatoms. The first-order valence-electron chi connectivity index (χ1n) is 4.35. The van der Waals surface area contributed by atoms with Crippen LogP contribution in [0.3, 0.4) is 0 Å². The van der Waals surface area contributed by atoms with E-state index in [0.717, 1.165) is 0 Å². The lowest BCUT2D eigenvalue weighted by Crippen LogP contribution is -1.95. The lowest BCUT2D eigenvalue weighted by atomic mass is 10.2. The summed E-state index contributed by atoms with van der Waals surface area (Å²) in [6, 6.07) is 1.48. The molecule has 2 aromatic heterocycles. The molecule has 76 valence electrons. The van der Waals surface area contributed by atoms with Gasteiger partial charge in [-0.25, -0.2) is 4.39 Å². The Kier molecular flexibility index (Phi) is 2.35. The van der Waals surface area contributed by atoms with Crippen LogP contribution in [0, 0.1) is 17.7 Å². The van der Waals surface area contributed by atoms with Crippen LogP contribution in [0.2, 0.25) is 0 Å². The fourth-order valence-corrected chi connectivity index (χ4v) is 1.12. The van der Waals surface area contributed by atoms with E-state index in [1.54, 1.807) is 0 Å². The van der Waals surface area contributed by atoms with Crippen LogP contribution in [0.15, 0.2) is 18.6 Å². The lowest BCUT2D eigenvalue weighted by Gasteiger charge is -1.96. The lowest BCUT2D eigenvalue weighted by molar-refractivity contribution is 0.253. The number of rotatable bonds is 0. The van der Waals surface area contributed by atoms with Gasteiger partial charge in [0.15, 0.2) is 11.5 Å². The van der Waals surface area contributed by atoms with Gasteiger partial charge in [0.25, 0.3) is 0 Å². The van der Waals surface area contributed by atoms with E-state index in [0.29, 0.717) is 5.65 Å². The van der Waals surface area contributed by atoms with Gasteiger partial charge in [0.05, 0.1) is 5.56 Å². The molecule has 2 rings (SSSR count). The highest BCUT2D eigenvalue weighted by molar-refractivity contribution is 5.47.